The molecule has 1 aromatic heterocycles. The maximum absolute atomic E-state index is 13.8. The number of carboxylic acids is 1. The summed E-state index contributed by atoms with van der Waals surface area (Å²) < 4.78 is 34.6. The van der Waals surface area contributed by atoms with Crippen molar-refractivity contribution in [2.75, 3.05) is 7.11 Å². The molecule has 3 rings (SSSR count). The number of nitrogens with zero attached hydrogens (tertiary/aromatic N) is 1. The predicted octanol–water partition coefficient (Wildman–Crippen LogP) is 5.04. The predicted molar refractivity (Wildman–Crippen MR) is 91.3 cm³/mol. The topological polar surface area (TPSA) is 51.5 Å². The Morgan fingerprint density at radius 2 is 1.88 bits per heavy atom. The number of hydrogen-bond donors (Lipinski definition) is 1. The van der Waals surface area contributed by atoms with E-state index in [4.69, 9.17) is 4.74 Å². The third-order valence-electron chi connectivity index (χ3n) is 5.51. The molecule has 0 saturated heterocycles. The normalized spacial score (nSPS) is 22.4. The van der Waals surface area contributed by atoms with Crippen molar-refractivity contribution < 1.29 is 23.4 Å². The molecule has 1 unspecified atom stereocenters. The lowest BCUT2D eigenvalue weighted by molar-refractivity contribution is 0.0477. The summed E-state index contributed by atoms with van der Waals surface area (Å²) in [6.07, 6.45) is 0.973. The van der Waals surface area contributed by atoms with Crippen LogP contribution in [0.25, 0.3) is 10.9 Å². The number of methoxy groups -OCH3 is 1. The summed E-state index contributed by atoms with van der Waals surface area (Å²) in [4.78, 5) is 11.7. The van der Waals surface area contributed by atoms with Crippen LogP contribution in [0.1, 0.15) is 61.1 Å². The summed E-state index contributed by atoms with van der Waals surface area (Å²) in [5.74, 6) is -1.08. The van der Waals surface area contributed by atoms with Gasteiger partial charge >= 0.3 is 5.97 Å². The summed E-state index contributed by atoms with van der Waals surface area (Å²) >= 11 is 0. The van der Waals surface area contributed by atoms with Gasteiger partial charge in [-0.25, -0.2) is 13.6 Å². The van der Waals surface area contributed by atoms with Crippen LogP contribution in [0.3, 0.4) is 0 Å². The van der Waals surface area contributed by atoms with E-state index in [0.29, 0.717) is 10.9 Å². The van der Waals surface area contributed by atoms with E-state index < -0.39 is 12.4 Å². The van der Waals surface area contributed by atoms with Crippen molar-refractivity contribution in [2.24, 2.45) is 5.92 Å². The van der Waals surface area contributed by atoms with Crippen molar-refractivity contribution in [1.29, 1.82) is 0 Å². The first-order valence-corrected chi connectivity index (χ1v) is 8.62. The Kier molecular flexibility index (Phi) is 5.08. The SMILES string of the molecule is COC1CCC(C(C)n2c(C(F)F)c(C(=O)O)c3ccccc32)CC1. The Morgan fingerprint density at radius 3 is 2.44 bits per heavy atom. The number of carboxylic acid groups (broad SMARTS) is 1. The first kappa shape index (κ1) is 17.9. The maximum atomic E-state index is 13.8. The van der Waals surface area contributed by atoms with Crippen molar-refractivity contribution in [3.63, 3.8) is 0 Å². The molecule has 0 spiro atoms. The molecule has 0 radical (unpaired) electrons. The molecule has 0 aliphatic heterocycles. The van der Waals surface area contributed by atoms with Gasteiger partial charge in [0.15, 0.2) is 0 Å². The van der Waals surface area contributed by atoms with E-state index in [0.717, 1.165) is 25.7 Å². The monoisotopic (exact) mass is 351 g/mol. The van der Waals surface area contributed by atoms with Crippen molar-refractivity contribution in [3.05, 3.63) is 35.5 Å². The average molecular weight is 351 g/mol. The number of fused-ring (bicyclic) bond motifs is 1. The molecule has 25 heavy (non-hydrogen) atoms. The third kappa shape index (κ3) is 3.15. The molecule has 0 bridgehead atoms. The van der Waals surface area contributed by atoms with E-state index in [1.54, 1.807) is 35.9 Å². The summed E-state index contributed by atoms with van der Waals surface area (Å²) in [7, 11) is 1.70. The van der Waals surface area contributed by atoms with Crippen LogP contribution in [0.5, 0.6) is 0 Å². The van der Waals surface area contributed by atoms with E-state index in [9.17, 15) is 18.7 Å². The highest BCUT2D eigenvalue weighted by Gasteiger charge is 2.33. The summed E-state index contributed by atoms with van der Waals surface area (Å²) in [5, 5.41) is 9.90. The van der Waals surface area contributed by atoms with Gasteiger partial charge in [-0.2, -0.15) is 0 Å². The number of halogens is 2. The van der Waals surface area contributed by atoms with Crippen LogP contribution in [-0.4, -0.2) is 28.9 Å². The van der Waals surface area contributed by atoms with E-state index in [1.165, 1.54) is 0 Å². The van der Waals surface area contributed by atoms with Gasteiger partial charge in [-0.15, -0.1) is 0 Å². The average Bonchev–Trinajstić information content (AvgIpc) is 2.97. The second-order valence-electron chi connectivity index (χ2n) is 6.77. The standard InChI is InChI=1S/C19H23F2NO3/c1-11(12-7-9-13(25-2)10-8-12)22-15-6-4-3-5-14(15)16(19(23)24)17(22)18(20)21/h3-6,11-13,18H,7-10H2,1-2H3,(H,23,24). The molecule has 1 aliphatic rings. The van der Waals surface area contributed by atoms with Crippen LogP contribution in [0.15, 0.2) is 24.3 Å². The van der Waals surface area contributed by atoms with Crippen LogP contribution in [0, 0.1) is 5.92 Å². The highest BCUT2D eigenvalue weighted by molar-refractivity contribution is 6.05. The molecule has 1 heterocycles. The summed E-state index contributed by atoms with van der Waals surface area (Å²) in [6, 6.07) is 6.58. The van der Waals surface area contributed by atoms with Crippen molar-refractivity contribution in [1.82, 2.24) is 4.57 Å². The largest absolute Gasteiger partial charge is 0.478 e. The summed E-state index contributed by atoms with van der Waals surface area (Å²) in [6.45, 7) is 1.92. The van der Waals surface area contributed by atoms with Gasteiger partial charge < -0.3 is 14.4 Å². The summed E-state index contributed by atoms with van der Waals surface area (Å²) in [5.41, 5.74) is -0.0883. The molecule has 1 aliphatic carbocycles. The van der Waals surface area contributed by atoms with Crippen LogP contribution in [0.4, 0.5) is 8.78 Å². The zero-order chi connectivity index (χ0) is 18.1. The Bertz CT molecular complexity index is 763. The smallest absolute Gasteiger partial charge is 0.338 e. The fourth-order valence-electron chi connectivity index (χ4n) is 4.18. The lowest BCUT2D eigenvalue weighted by Crippen LogP contribution is -2.27. The van der Waals surface area contributed by atoms with Crippen LogP contribution >= 0.6 is 0 Å². The maximum Gasteiger partial charge on any atom is 0.338 e. The molecule has 1 N–H and O–H groups in total. The zero-order valence-electron chi connectivity index (χ0n) is 14.4. The molecule has 1 saturated carbocycles. The minimum Gasteiger partial charge on any atom is -0.478 e. The van der Waals surface area contributed by atoms with Crippen molar-refractivity contribution in [2.45, 2.75) is 51.2 Å². The van der Waals surface area contributed by atoms with Gasteiger partial charge in [0.1, 0.15) is 5.69 Å². The van der Waals surface area contributed by atoms with Gasteiger partial charge in [-0.05, 0) is 44.6 Å². The van der Waals surface area contributed by atoms with Crippen LogP contribution in [0.2, 0.25) is 0 Å². The number of ether oxygens (including phenoxy) is 1. The van der Waals surface area contributed by atoms with Crippen molar-refractivity contribution in [3.8, 4) is 0 Å². The Labute approximate surface area is 145 Å². The number of aromatic nitrogens is 1. The molecular weight excluding hydrogens is 328 g/mol. The Balaban J connectivity index is 2.09. The molecule has 1 atom stereocenters. The number of benzene rings is 1. The fourth-order valence-corrected chi connectivity index (χ4v) is 4.18. The second-order valence-corrected chi connectivity index (χ2v) is 6.77. The van der Waals surface area contributed by atoms with Gasteiger partial charge in [0.25, 0.3) is 6.43 Å². The number of para-hydroxylation sites is 1. The first-order valence-electron chi connectivity index (χ1n) is 8.62. The molecule has 6 heteroatoms. The molecule has 4 nitrogen and oxygen atoms in total. The molecular formula is C19H23F2NO3. The number of aromatic carboxylic acids is 1. The van der Waals surface area contributed by atoms with Gasteiger partial charge in [0.05, 0.1) is 11.7 Å². The highest BCUT2D eigenvalue weighted by atomic mass is 19.3. The molecule has 136 valence electrons. The van der Waals surface area contributed by atoms with Gasteiger partial charge in [-0.1, -0.05) is 18.2 Å². The lowest BCUT2D eigenvalue weighted by atomic mass is 9.83. The zero-order valence-corrected chi connectivity index (χ0v) is 14.4. The molecule has 0 amide bonds. The van der Waals surface area contributed by atoms with Gasteiger partial charge in [0.2, 0.25) is 0 Å². The first-order chi connectivity index (χ1) is 12.0. The number of alkyl halides is 2. The molecule has 1 aromatic carbocycles. The number of rotatable bonds is 5. The number of hydrogen-bond acceptors (Lipinski definition) is 2. The minimum atomic E-state index is -2.84. The van der Waals surface area contributed by atoms with Crippen LogP contribution in [-0.2, 0) is 4.74 Å². The highest BCUT2D eigenvalue weighted by Crippen LogP contribution is 2.41. The number of carbonyl (C=O) groups is 1. The molecule has 1 fully saturated rings. The van der Waals surface area contributed by atoms with E-state index in [2.05, 4.69) is 0 Å². The van der Waals surface area contributed by atoms with Crippen molar-refractivity contribution >= 4 is 16.9 Å². The second kappa shape index (κ2) is 7.12. The lowest BCUT2D eigenvalue weighted by Gasteiger charge is -2.33. The van der Waals surface area contributed by atoms with E-state index in [-0.39, 0.29) is 29.3 Å². The Hall–Kier alpha value is -1.95. The van der Waals surface area contributed by atoms with Gasteiger partial charge in [-0.3, -0.25) is 0 Å². The van der Waals surface area contributed by atoms with E-state index in [1.807, 2.05) is 6.92 Å². The fraction of sp³-hybridized carbons (Fsp3) is 0.526. The Morgan fingerprint density at radius 1 is 1.24 bits per heavy atom. The minimum absolute atomic E-state index is 0.195. The van der Waals surface area contributed by atoms with E-state index >= 15 is 0 Å². The molecule has 2 aromatic rings. The third-order valence-corrected chi connectivity index (χ3v) is 5.51. The quantitative estimate of drug-likeness (QED) is 0.821. The van der Waals surface area contributed by atoms with Gasteiger partial charge in [0, 0.05) is 24.1 Å². The van der Waals surface area contributed by atoms with Crippen LogP contribution < -0.4 is 0 Å².